The number of hydrogen-bond donors (Lipinski definition) is 1. The monoisotopic (exact) mass is 216 g/mol. The molecule has 4 heteroatoms. The van der Waals surface area contributed by atoms with Crippen LogP contribution in [0.1, 0.15) is 0 Å². The Kier molecular flexibility index (Phi) is 2.91. The van der Waals surface area contributed by atoms with Crippen molar-refractivity contribution in [3.63, 3.8) is 0 Å². The van der Waals surface area contributed by atoms with E-state index in [9.17, 15) is 4.79 Å². The van der Waals surface area contributed by atoms with E-state index < -0.39 is 6.09 Å². The van der Waals surface area contributed by atoms with Gasteiger partial charge in [-0.05, 0) is 30.3 Å². The summed E-state index contributed by atoms with van der Waals surface area (Å²) in [4.78, 5) is 11.0. The van der Waals surface area contributed by atoms with Crippen LogP contribution in [0, 0.1) is 0 Å². The molecule has 0 fully saturated rings. The summed E-state index contributed by atoms with van der Waals surface area (Å²) in [6.07, 6.45) is 3.42. The second-order valence-electron chi connectivity index (χ2n) is 3.26. The Morgan fingerprint density at radius 2 is 2.00 bits per heavy atom. The van der Waals surface area contributed by atoms with Crippen LogP contribution < -0.4 is 5.32 Å². The van der Waals surface area contributed by atoms with Gasteiger partial charge in [-0.25, -0.2) is 4.79 Å². The second-order valence-corrected chi connectivity index (χ2v) is 3.26. The number of ether oxygens (including phenoxy) is 1. The first-order valence-electron chi connectivity index (χ1n) is 4.88. The highest BCUT2D eigenvalue weighted by Gasteiger charge is 2.01. The maximum atomic E-state index is 11.0. The van der Waals surface area contributed by atoms with Crippen molar-refractivity contribution in [1.82, 2.24) is 4.57 Å². The summed E-state index contributed by atoms with van der Waals surface area (Å²) in [7, 11) is 1.34. The largest absolute Gasteiger partial charge is 0.453 e. The molecule has 1 amide bonds. The number of nitrogens with zero attached hydrogens (tertiary/aromatic N) is 1. The zero-order valence-electron chi connectivity index (χ0n) is 8.88. The molecule has 0 saturated heterocycles. The molecule has 2 aromatic rings. The molecule has 0 radical (unpaired) electrons. The van der Waals surface area contributed by atoms with Gasteiger partial charge in [0, 0.05) is 23.8 Å². The lowest BCUT2D eigenvalue weighted by Crippen LogP contribution is -2.10. The van der Waals surface area contributed by atoms with Crippen LogP contribution in [0.2, 0.25) is 0 Å². The Bertz CT molecular complexity index is 478. The fourth-order valence-corrected chi connectivity index (χ4v) is 1.42. The van der Waals surface area contributed by atoms with E-state index in [1.807, 2.05) is 53.4 Å². The summed E-state index contributed by atoms with van der Waals surface area (Å²) >= 11 is 0. The van der Waals surface area contributed by atoms with Crippen molar-refractivity contribution in [3.8, 4) is 5.69 Å². The van der Waals surface area contributed by atoms with E-state index in [0.29, 0.717) is 5.69 Å². The molecule has 0 unspecified atom stereocenters. The minimum Gasteiger partial charge on any atom is -0.453 e. The molecule has 0 spiro atoms. The van der Waals surface area contributed by atoms with Crippen LogP contribution in [0.25, 0.3) is 5.69 Å². The third-order valence-corrected chi connectivity index (χ3v) is 2.18. The molecule has 1 aromatic heterocycles. The van der Waals surface area contributed by atoms with Crippen LogP contribution in [-0.4, -0.2) is 17.8 Å². The third kappa shape index (κ3) is 2.23. The van der Waals surface area contributed by atoms with Crippen LogP contribution in [0.3, 0.4) is 0 Å². The summed E-state index contributed by atoms with van der Waals surface area (Å²) < 4.78 is 6.49. The molecule has 0 saturated carbocycles. The lowest BCUT2D eigenvalue weighted by atomic mass is 10.3. The summed E-state index contributed by atoms with van der Waals surface area (Å²) in [6.45, 7) is 0. The fraction of sp³-hybridized carbons (Fsp3) is 0.0833. The Balaban J connectivity index is 2.23. The summed E-state index contributed by atoms with van der Waals surface area (Å²) in [5.41, 5.74) is 1.69. The van der Waals surface area contributed by atoms with Crippen molar-refractivity contribution in [2.75, 3.05) is 12.4 Å². The van der Waals surface area contributed by atoms with Gasteiger partial charge in [0.25, 0.3) is 0 Å². The first-order valence-corrected chi connectivity index (χ1v) is 4.88. The predicted molar refractivity (Wildman–Crippen MR) is 61.8 cm³/mol. The molecule has 0 aliphatic carbocycles. The standard InChI is InChI=1S/C12H12N2O2/c1-16-12(15)13-10-5-4-6-11(9-10)14-7-2-3-8-14/h2-9H,1H3,(H,13,15). The molecule has 0 atom stereocenters. The number of nitrogens with one attached hydrogen (secondary N) is 1. The molecule has 4 nitrogen and oxygen atoms in total. The van der Waals surface area contributed by atoms with Crippen LogP contribution >= 0.6 is 0 Å². The van der Waals surface area contributed by atoms with Crippen LogP contribution in [0.15, 0.2) is 48.8 Å². The molecule has 0 aliphatic heterocycles. The SMILES string of the molecule is COC(=O)Nc1cccc(-n2cccc2)c1. The molecule has 2 rings (SSSR count). The van der Waals surface area contributed by atoms with Crippen molar-refractivity contribution >= 4 is 11.8 Å². The lowest BCUT2D eigenvalue weighted by Gasteiger charge is -2.07. The van der Waals surface area contributed by atoms with E-state index in [4.69, 9.17) is 0 Å². The van der Waals surface area contributed by atoms with Crippen LogP contribution in [-0.2, 0) is 4.74 Å². The fourth-order valence-electron chi connectivity index (χ4n) is 1.42. The number of methoxy groups -OCH3 is 1. The van der Waals surface area contributed by atoms with Gasteiger partial charge in [0.15, 0.2) is 0 Å². The highest BCUT2D eigenvalue weighted by molar-refractivity contribution is 5.84. The Morgan fingerprint density at radius 3 is 2.69 bits per heavy atom. The summed E-state index contributed by atoms with van der Waals surface area (Å²) in [5.74, 6) is 0. The number of benzene rings is 1. The molecule has 16 heavy (non-hydrogen) atoms. The highest BCUT2D eigenvalue weighted by Crippen LogP contribution is 2.14. The maximum absolute atomic E-state index is 11.0. The Morgan fingerprint density at radius 1 is 1.25 bits per heavy atom. The number of anilines is 1. The average Bonchev–Trinajstić information content (AvgIpc) is 2.83. The molecule has 1 heterocycles. The molecule has 0 aliphatic rings. The minimum absolute atomic E-state index is 0.468. The van der Waals surface area contributed by atoms with Crippen LogP contribution in [0.4, 0.5) is 10.5 Å². The zero-order chi connectivity index (χ0) is 11.4. The number of hydrogen-bond acceptors (Lipinski definition) is 2. The molecular weight excluding hydrogens is 204 g/mol. The van der Waals surface area contributed by atoms with E-state index in [1.54, 1.807) is 0 Å². The van der Waals surface area contributed by atoms with Crippen molar-refractivity contribution < 1.29 is 9.53 Å². The lowest BCUT2D eigenvalue weighted by molar-refractivity contribution is 0.187. The summed E-state index contributed by atoms with van der Waals surface area (Å²) in [5, 5.41) is 2.62. The van der Waals surface area contributed by atoms with Gasteiger partial charge < -0.3 is 9.30 Å². The first-order chi connectivity index (χ1) is 7.79. The van der Waals surface area contributed by atoms with Crippen molar-refractivity contribution in [1.29, 1.82) is 0 Å². The normalized spacial score (nSPS) is 9.81. The smallest absolute Gasteiger partial charge is 0.411 e. The van der Waals surface area contributed by atoms with E-state index in [1.165, 1.54) is 7.11 Å². The van der Waals surface area contributed by atoms with E-state index in [2.05, 4.69) is 10.1 Å². The van der Waals surface area contributed by atoms with Gasteiger partial charge in [-0.1, -0.05) is 6.07 Å². The highest BCUT2D eigenvalue weighted by atomic mass is 16.5. The third-order valence-electron chi connectivity index (χ3n) is 2.18. The zero-order valence-corrected chi connectivity index (χ0v) is 8.88. The number of rotatable bonds is 2. The predicted octanol–water partition coefficient (Wildman–Crippen LogP) is 2.66. The van der Waals surface area contributed by atoms with Gasteiger partial charge in [0.05, 0.1) is 7.11 Å². The quantitative estimate of drug-likeness (QED) is 0.838. The van der Waals surface area contributed by atoms with E-state index in [-0.39, 0.29) is 0 Å². The molecule has 0 bridgehead atoms. The topological polar surface area (TPSA) is 43.3 Å². The second kappa shape index (κ2) is 4.53. The molecule has 1 N–H and O–H groups in total. The van der Waals surface area contributed by atoms with Gasteiger partial charge in [-0.2, -0.15) is 0 Å². The minimum atomic E-state index is -0.468. The van der Waals surface area contributed by atoms with E-state index in [0.717, 1.165) is 5.69 Å². The Hall–Kier alpha value is -2.23. The van der Waals surface area contributed by atoms with Gasteiger partial charge in [-0.3, -0.25) is 5.32 Å². The van der Waals surface area contributed by atoms with E-state index >= 15 is 0 Å². The first kappa shape index (κ1) is 10.3. The van der Waals surface area contributed by atoms with Gasteiger partial charge in [0.1, 0.15) is 0 Å². The van der Waals surface area contributed by atoms with Crippen LogP contribution in [0.5, 0.6) is 0 Å². The maximum Gasteiger partial charge on any atom is 0.411 e. The van der Waals surface area contributed by atoms with Gasteiger partial charge >= 0.3 is 6.09 Å². The average molecular weight is 216 g/mol. The number of amides is 1. The number of carbonyl (C=O) groups is 1. The molecule has 82 valence electrons. The van der Waals surface area contributed by atoms with Gasteiger partial charge in [0.2, 0.25) is 0 Å². The number of carbonyl (C=O) groups excluding carboxylic acids is 1. The molecule has 1 aromatic carbocycles. The van der Waals surface area contributed by atoms with Crippen molar-refractivity contribution in [2.24, 2.45) is 0 Å². The number of aromatic nitrogens is 1. The van der Waals surface area contributed by atoms with Gasteiger partial charge in [-0.15, -0.1) is 0 Å². The Labute approximate surface area is 93.5 Å². The van der Waals surface area contributed by atoms with Crippen molar-refractivity contribution in [2.45, 2.75) is 0 Å². The van der Waals surface area contributed by atoms with Crippen molar-refractivity contribution in [3.05, 3.63) is 48.8 Å². The molecular formula is C12H12N2O2. The summed E-state index contributed by atoms with van der Waals surface area (Å²) in [6, 6.07) is 11.4.